The molecule has 2 bridgehead atoms. The summed E-state index contributed by atoms with van der Waals surface area (Å²) in [6, 6.07) is 7.20. The van der Waals surface area contributed by atoms with Crippen LogP contribution in [0.3, 0.4) is 0 Å². The highest BCUT2D eigenvalue weighted by Crippen LogP contribution is 2.51. The molecule has 0 aliphatic heterocycles. The molecule has 2 aliphatic rings. The fourth-order valence-corrected chi connectivity index (χ4v) is 3.70. The van der Waals surface area contributed by atoms with E-state index in [0.29, 0.717) is 28.2 Å². The summed E-state index contributed by atoms with van der Waals surface area (Å²) < 4.78 is 5.98. The summed E-state index contributed by atoms with van der Waals surface area (Å²) >= 11 is 6.00. The molecule has 100 valence electrons. The second-order valence-corrected chi connectivity index (χ2v) is 6.31. The summed E-state index contributed by atoms with van der Waals surface area (Å²) in [7, 11) is 0. The lowest BCUT2D eigenvalue weighted by Crippen LogP contribution is -2.37. The van der Waals surface area contributed by atoms with Gasteiger partial charge in [0.25, 0.3) is 0 Å². The SMILES string of the molecule is CC1(O)CC2CC1CC2Oc1ccc(C#N)c(Cl)c1. The summed E-state index contributed by atoms with van der Waals surface area (Å²) in [5.41, 5.74) is -0.0581. The van der Waals surface area contributed by atoms with Gasteiger partial charge in [0.15, 0.2) is 0 Å². The number of hydrogen-bond acceptors (Lipinski definition) is 3. The number of fused-ring (bicyclic) bond motifs is 2. The van der Waals surface area contributed by atoms with Crippen LogP contribution in [-0.4, -0.2) is 16.8 Å². The second kappa shape index (κ2) is 4.40. The number of halogens is 1. The molecule has 19 heavy (non-hydrogen) atoms. The molecule has 2 fully saturated rings. The number of rotatable bonds is 2. The van der Waals surface area contributed by atoms with Gasteiger partial charge in [-0.15, -0.1) is 0 Å². The van der Waals surface area contributed by atoms with Gasteiger partial charge in [0.1, 0.15) is 17.9 Å². The molecule has 0 heterocycles. The van der Waals surface area contributed by atoms with Crippen LogP contribution in [0.2, 0.25) is 5.02 Å². The first-order valence-electron chi connectivity index (χ1n) is 6.58. The highest BCUT2D eigenvalue weighted by Gasteiger charge is 2.52. The fourth-order valence-electron chi connectivity index (χ4n) is 3.49. The summed E-state index contributed by atoms with van der Waals surface area (Å²) in [6.07, 6.45) is 2.91. The molecule has 4 heteroatoms. The molecule has 1 N–H and O–H groups in total. The average Bonchev–Trinajstić information content (AvgIpc) is 2.85. The molecular weight excluding hydrogens is 262 g/mol. The molecule has 0 radical (unpaired) electrons. The third-order valence-electron chi connectivity index (χ3n) is 4.53. The van der Waals surface area contributed by atoms with Crippen molar-refractivity contribution >= 4 is 11.6 Å². The molecule has 4 atom stereocenters. The first-order valence-corrected chi connectivity index (χ1v) is 6.96. The number of ether oxygens (including phenoxy) is 1. The first-order chi connectivity index (χ1) is 8.99. The molecule has 1 aromatic rings. The lowest BCUT2D eigenvalue weighted by molar-refractivity contribution is -0.0224. The van der Waals surface area contributed by atoms with Gasteiger partial charge in [-0.3, -0.25) is 0 Å². The van der Waals surface area contributed by atoms with Gasteiger partial charge in [-0.25, -0.2) is 0 Å². The molecular formula is C15H16ClNO2. The van der Waals surface area contributed by atoms with Crippen LogP contribution in [0.5, 0.6) is 5.75 Å². The third-order valence-corrected chi connectivity index (χ3v) is 4.85. The van der Waals surface area contributed by atoms with Crippen molar-refractivity contribution in [2.24, 2.45) is 11.8 Å². The normalized spacial score (nSPS) is 36.2. The van der Waals surface area contributed by atoms with E-state index < -0.39 is 5.60 Å². The van der Waals surface area contributed by atoms with E-state index >= 15 is 0 Å². The van der Waals surface area contributed by atoms with Gasteiger partial charge in [-0.1, -0.05) is 11.6 Å². The van der Waals surface area contributed by atoms with Gasteiger partial charge in [0.2, 0.25) is 0 Å². The molecule has 2 aliphatic carbocycles. The Morgan fingerprint density at radius 2 is 2.26 bits per heavy atom. The van der Waals surface area contributed by atoms with Crippen LogP contribution in [0, 0.1) is 23.2 Å². The Morgan fingerprint density at radius 1 is 1.47 bits per heavy atom. The van der Waals surface area contributed by atoms with E-state index in [2.05, 4.69) is 0 Å². The maximum atomic E-state index is 10.2. The number of aliphatic hydroxyl groups is 1. The second-order valence-electron chi connectivity index (χ2n) is 5.90. The Hall–Kier alpha value is -1.24. The van der Waals surface area contributed by atoms with Gasteiger partial charge in [0, 0.05) is 6.07 Å². The highest BCUT2D eigenvalue weighted by atomic mass is 35.5. The zero-order valence-corrected chi connectivity index (χ0v) is 11.5. The number of nitriles is 1. The minimum atomic E-state index is -0.521. The smallest absolute Gasteiger partial charge is 0.121 e. The van der Waals surface area contributed by atoms with Crippen LogP contribution in [0.4, 0.5) is 0 Å². The van der Waals surface area contributed by atoms with Crippen LogP contribution in [-0.2, 0) is 0 Å². The van der Waals surface area contributed by atoms with Crippen LogP contribution in [0.1, 0.15) is 31.7 Å². The third kappa shape index (κ3) is 2.20. The lowest BCUT2D eigenvalue weighted by Gasteiger charge is -2.32. The van der Waals surface area contributed by atoms with E-state index in [-0.39, 0.29) is 6.10 Å². The predicted octanol–water partition coefficient (Wildman–Crippen LogP) is 3.14. The predicted molar refractivity (Wildman–Crippen MR) is 72.0 cm³/mol. The van der Waals surface area contributed by atoms with Crippen molar-refractivity contribution in [1.82, 2.24) is 0 Å². The quantitative estimate of drug-likeness (QED) is 0.903. The monoisotopic (exact) mass is 277 g/mol. The lowest BCUT2D eigenvalue weighted by atomic mass is 9.84. The Morgan fingerprint density at radius 3 is 2.79 bits per heavy atom. The topological polar surface area (TPSA) is 53.2 Å². The zero-order chi connectivity index (χ0) is 13.6. The van der Waals surface area contributed by atoms with Gasteiger partial charge in [-0.2, -0.15) is 5.26 Å². The van der Waals surface area contributed by atoms with Crippen LogP contribution in [0.15, 0.2) is 18.2 Å². The number of nitrogens with zero attached hydrogens (tertiary/aromatic N) is 1. The van der Waals surface area contributed by atoms with Crippen molar-refractivity contribution in [3.8, 4) is 11.8 Å². The largest absolute Gasteiger partial charge is 0.490 e. The summed E-state index contributed by atoms with van der Waals surface area (Å²) in [4.78, 5) is 0. The Labute approximate surface area is 117 Å². The molecule has 4 unspecified atom stereocenters. The molecule has 3 rings (SSSR count). The van der Waals surface area contributed by atoms with Crippen LogP contribution in [0.25, 0.3) is 0 Å². The fraction of sp³-hybridized carbons (Fsp3) is 0.533. The van der Waals surface area contributed by atoms with E-state index in [1.807, 2.05) is 13.0 Å². The number of hydrogen-bond donors (Lipinski definition) is 1. The van der Waals surface area contributed by atoms with Gasteiger partial charge < -0.3 is 9.84 Å². The molecule has 0 saturated heterocycles. The molecule has 3 nitrogen and oxygen atoms in total. The molecule has 0 spiro atoms. The van der Waals surface area contributed by atoms with E-state index in [9.17, 15) is 5.11 Å². The van der Waals surface area contributed by atoms with Crippen molar-refractivity contribution in [3.05, 3.63) is 28.8 Å². The van der Waals surface area contributed by atoms with Crippen LogP contribution >= 0.6 is 11.6 Å². The van der Waals surface area contributed by atoms with Crippen molar-refractivity contribution < 1.29 is 9.84 Å². The number of benzene rings is 1. The van der Waals surface area contributed by atoms with E-state index in [4.69, 9.17) is 21.6 Å². The van der Waals surface area contributed by atoms with Gasteiger partial charge in [-0.05, 0) is 50.2 Å². The minimum Gasteiger partial charge on any atom is -0.490 e. The summed E-state index contributed by atoms with van der Waals surface area (Å²) in [5, 5.41) is 19.4. The van der Waals surface area contributed by atoms with Crippen molar-refractivity contribution in [2.45, 2.75) is 37.9 Å². The maximum absolute atomic E-state index is 10.2. The first kappa shape index (κ1) is 12.8. The maximum Gasteiger partial charge on any atom is 0.121 e. The molecule has 0 amide bonds. The highest BCUT2D eigenvalue weighted by molar-refractivity contribution is 6.31. The zero-order valence-electron chi connectivity index (χ0n) is 10.8. The average molecular weight is 278 g/mol. The Kier molecular flexibility index (Phi) is 2.96. The van der Waals surface area contributed by atoms with Crippen molar-refractivity contribution in [2.75, 3.05) is 0 Å². The standard InChI is InChI=1S/C15H16ClNO2/c1-15(18)7-10-4-11(15)5-14(10)19-12-3-2-9(8-17)13(16)6-12/h2-3,6,10-11,14,18H,4-5,7H2,1H3. The van der Waals surface area contributed by atoms with E-state index in [0.717, 1.165) is 19.3 Å². The molecule has 1 aromatic carbocycles. The summed E-state index contributed by atoms with van der Waals surface area (Å²) in [5.74, 6) is 1.48. The summed E-state index contributed by atoms with van der Waals surface area (Å²) in [6.45, 7) is 1.92. The minimum absolute atomic E-state index is 0.161. The van der Waals surface area contributed by atoms with Gasteiger partial charge in [0.05, 0.1) is 16.2 Å². The molecule has 0 aromatic heterocycles. The van der Waals surface area contributed by atoms with Crippen molar-refractivity contribution in [1.29, 1.82) is 5.26 Å². The van der Waals surface area contributed by atoms with E-state index in [1.54, 1.807) is 18.2 Å². The van der Waals surface area contributed by atoms with Crippen molar-refractivity contribution in [3.63, 3.8) is 0 Å². The molecule has 2 saturated carbocycles. The Balaban J connectivity index is 1.71. The Bertz CT molecular complexity index is 550. The van der Waals surface area contributed by atoms with Crippen LogP contribution < -0.4 is 4.74 Å². The van der Waals surface area contributed by atoms with E-state index in [1.165, 1.54) is 0 Å². The van der Waals surface area contributed by atoms with Gasteiger partial charge >= 0.3 is 0 Å².